The van der Waals surface area contributed by atoms with Crippen LogP contribution in [0, 0.1) is 51.8 Å². The van der Waals surface area contributed by atoms with Crippen LogP contribution < -0.4 is 0 Å². The molecule has 2 heteroatoms. The molecule has 5 fully saturated rings. The van der Waals surface area contributed by atoms with Crippen LogP contribution in [0.1, 0.15) is 72.1 Å². The molecule has 0 amide bonds. The van der Waals surface area contributed by atoms with Crippen LogP contribution in [0.15, 0.2) is 12.7 Å². The lowest BCUT2D eigenvalue weighted by molar-refractivity contribution is -0.162. The minimum absolute atomic E-state index is 0.331. The molecule has 0 bridgehead atoms. The van der Waals surface area contributed by atoms with Crippen LogP contribution in [0.3, 0.4) is 0 Å². The predicted molar refractivity (Wildman–Crippen MR) is 109 cm³/mol. The van der Waals surface area contributed by atoms with E-state index in [9.17, 15) is 5.11 Å². The van der Waals surface area contributed by atoms with Gasteiger partial charge in [0.05, 0.1) is 12.2 Å². The summed E-state index contributed by atoms with van der Waals surface area (Å²) in [6.07, 6.45) is 13.0. The molecule has 1 N–H and O–H groups in total. The van der Waals surface area contributed by atoms with Crippen molar-refractivity contribution in [1.82, 2.24) is 0 Å². The van der Waals surface area contributed by atoms with E-state index in [0.29, 0.717) is 34.2 Å². The van der Waals surface area contributed by atoms with Crippen molar-refractivity contribution >= 4 is 0 Å². The van der Waals surface area contributed by atoms with Crippen LogP contribution in [0.25, 0.3) is 0 Å². The molecule has 0 aromatic heterocycles. The number of fused-ring (bicyclic) bond motifs is 4. The predicted octanol–water partition coefficient (Wildman–Crippen LogP) is 5.45. The first-order chi connectivity index (χ1) is 12.8. The fourth-order valence-corrected chi connectivity index (χ4v) is 9.94. The maximum atomic E-state index is 10.5. The molecule has 0 aliphatic heterocycles. The van der Waals surface area contributed by atoms with Gasteiger partial charge in [-0.1, -0.05) is 26.8 Å². The van der Waals surface area contributed by atoms with Crippen LogP contribution in [0.4, 0.5) is 0 Å². The average molecular weight is 373 g/mol. The Hall–Kier alpha value is -0.340. The summed E-state index contributed by atoms with van der Waals surface area (Å²) in [4.78, 5) is 0. The third-order valence-corrected chi connectivity index (χ3v) is 11.3. The number of rotatable bonds is 4. The molecular formula is C25H40O2. The van der Waals surface area contributed by atoms with Crippen molar-refractivity contribution in [1.29, 1.82) is 0 Å². The summed E-state index contributed by atoms with van der Waals surface area (Å²) >= 11 is 0. The van der Waals surface area contributed by atoms with Gasteiger partial charge in [-0.3, -0.25) is 0 Å². The first-order valence-electron chi connectivity index (χ1n) is 11.7. The minimum Gasteiger partial charge on any atom is -0.389 e. The number of hydrogen-bond donors (Lipinski definition) is 1. The molecule has 0 unspecified atom stereocenters. The number of aliphatic hydroxyl groups excluding tert-OH is 1. The molecule has 5 rings (SSSR count). The van der Waals surface area contributed by atoms with E-state index in [-0.39, 0.29) is 6.10 Å². The van der Waals surface area contributed by atoms with E-state index < -0.39 is 0 Å². The van der Waals surface area contributed by atoms with Gasteiger partial charge in [-0.25, -0.2) is 0 Å². The second-order valence-electron chi connectivity index (χ2n) is 11.5. The summed E-state index contributed by atoms with van der Waals surface area (Å²) in [6.45, 7) is 11.3. The molecule has 2 nitrogen and oxygen atoms in total. The Morgan fingerprint density at radius 2 is 1.89 bits per heavy atom. The van der Waals surface area contributed by atoms with Gasteiger partial charge in [-0.2, -0.15) is 0 Å². The highest BCUT2D eigenvalue weighted by Gasteiger charge is 2.77. The third-order valence-electron chi connectivity index (χ3n) is 11.3. The molecule has 0 radical (unpaired) electrons. The summed E-state index contributed by atoms with van der Waals surface area (Å²) < 4.78 is 6.22. The molecular weight excluding hydrogens is 332 g/mol. The maximum absolute atomic E-state index is 10.5. The first-order valence-corrected chi connectivity index (χ1v) is 11.7. The van der Waals surface area contributed by atoms with Crippen LogP contribution in [-0.2, 0) is 4.74 Å². The largest absolute Gasteiger partial charge is 0.389 e. The van der Waals surface area contributed by atoms with E-state index in [0.717, 1.165) is 23.7 Å². The zero-order valence-corrected chi connectivity index (χ0v) is 17.9. The third kappa shape index (κ3) is 2.10. The molecule has 0 saturated heterocycles. The lowest BCUT2D eigenvalue weighted by Crippen LogP contribution is -2.57. The number of ether oxygens (including phenoxy) is 1. The average Bonchev–Trinajstić information content (AvgIpc) is 3.17. The Kier molecular flexibility index (Phi) is 4.04. The quantitative estimate of drug-likeness (QED) is 0.665. The van der Waals surface area contributed by atoms with Gasteiger partial charge in [0.15, 0.2) is 0 Å². The van der Waals surface area contributed by atoms with Crippen molar-refractivity contribution < 1.29 is 9.84 Å². The molecule has 5 aliphatic carbocycles. The van der Waals surface area contributed by atoms with Gasteiger partial charge in [0, 0.05) is 12.5 Å². The van der Waals surface area contributed by atoms with Gasteiger partial charge in [-0.15, -0.1) is 6.58 Å². The smallest absolute Gasteiger partial charge is 0.0746 e. The highest BCUT2D eigenvalue weighted by Crippen LogP contribution is 2.82. The number of methoxy groups -OCH3 is 1. The van der Waals surface area contributed by atoms with Gasteiger partial charge in [0.2, 0.25) is 0 Å². The molecule has 1 spiro atoms. The molecule has 0 aromatic rings. The maximum Gasteiger partial charge on any atom is 0.0746 e. The van der Waals surface area contributed by atoms with Crippen molar-refractivity contribution in [3.63, 3.8) is 0 Å². The molecule has 11 atom stereocenters. The second-order valence-corrected chi connectivity index (χ2v) is 11.5. The summed E-state index contributed by atoms with van der Waals surface area (Å²) in [5.41, 5.74) is 1.44. The Balaban J connectivity index is 1.46. The zero-order chi connectivity index (χ0) is 19.2. The Morgan fingerprint density at radius 1 is 1.11 bits per heavy atom. The molecule has 0 heterocycles. The number of hydrogen-bond acceptors (Lipinski definition) is 2. The lowest BCUT2D eigenvalue weighted by Gasteiger charge is -2.61. The van der Waals surface area contributed by atoms with Gasteiger partial charge in [0.1, 0.15) is 0 Å². The lowest BCUT2D eigenvalue weighted by atomic mass is 9.45. The van der Waals surface area contributed by atoms with E-state index in [1.165, 1.54) is 51.4 Å². The standard InChI is InChI=1S/C25H40O2/c1-6-21(26)15(2)18-7-8-19-17-13-22(27-5)25-14-16(25)9-12-24(25,4)20(17)10-11-23(18,19)3/h6,15-22,26H,1,7-14H2,2-5H3/t15-,16-,17-,18+,19-,20-,21-,22+,23+,24+,25-/m0/s1. The highest BCUT2D eigenvalue weighted by molar-refractivity contribution is 5.26. The SMILES string of the molecule is C=C[C@H](O)[C@@H](C)[C@H]1CC[C@H]2[C@@H]3C[C@@H](OC)[C@]45C[C@@H]4CC[C@]5(C)[C@H]3CC[C@]12C. The molecule has 27 heavy (non-hydrogen) atoms. The van der Waals surface area contributed by atoms with E-state index in [1.54, 1.807) is 6.08 Å². The van der Waals surface area contributed by atoms with Crippen molar-refractivity contribution in [2.45, 2.75) is 84.3 Å². The van der Waals surface area contributed by atoms with Gasteiger partial charge < -0.3 is 9.84 Å². The topological polar surface area (TPSA) is 29.5 Å². The summed E-state index contributed by atoms with van der Waals surface area (Å²) in [7, 11) is 1.98. The Bertz CT molecular complexity index is 630. The zero-order valence-electron chi connectivity index (χ0n) is 17.9. The fourth-order valence-electron chi connectivity index (χ4n) is 9.94. The molecule has 5 saturated carbocycles. The fraction of sp³-hybridized carbons (Fsp3) is 0.920. The van der Waals surface area contributed by atoms with Gasteiger partial charge in [-0.05, 0) is 97.7 Å². The van der Waals surface area contributed by atoms with Crippen molar-refractivity contribution in [3.8, 4) is 0 Å². The first kappa shape index (κ1) is 18.7. The number of aliphatic hydroxyl groups is 1. The van der Waals surface area contributed by atoms with E-state index in [4.69, 9.17) is 4.74 Å². The van der Waals surface area contributed by atoms with Crippen molar-refractivity contribution in [3.05, 3.63) is 12.7 Å². The van der Waals surface area contributed by atoms with E-state index >= 15 is 0 Å². The van der Waals surface area contributed by atoms with E-state index in [1.807, 2.05) is 7.11 Å². The highest BCUT2D eigenvalue weighted by atomic mass is 16.5. The Morgan fingerprint density at radius 3 is 2.56 bits per heavy atom. The van der Waals surface area contributed by atoms with E-state index in [2.05, 4.69) is 27.4 Å². The summed E-state index contributed by atoms with van der Waals surface area (Å²) in [5.74, 6) is 4.50. The van der Waals surface area contributed by atoms with Gasteiger partial charge in [0.25, 0.3) is 0 Å². The van der Waals surface area contributed by atoms with Crippen molar-refractivity contribution in [2.24, 2.45) is 51.8 Å². The second kappa shape index (κ2) is 5.85. The molecule has 152 valence electrons. The van der Waals surface area contributed by atoms with Crippen molar-refractivity contribution in [2.75, 3.05) is 7.11 Å². The van der Waals surface area contributed by atoms with Gasteiger partial charge >= 0.3 is 0 Å². The molecule has 0 aromatic carbocycles. The monoisotopic (exact) mass is 372 g/mol. The minimum atomic E-state index is -0.357. The summed E-state index contributed by atoms with van der Waals surface area (Å²) in [6, 6.07) is 0. The Labute approximate surface area is 166 Å². The van der Waals surface area contributed by atoms with Crippen LogP contribution in [0.5, 0.6) is 0 Å². The molecule has 5 aliphatic rings. The normalized spacial score (nSPS) is 57.8. The van der Waals surface area contributed by atoms with Crippen LogP contribution >= 0.6 is 0 Å². The summed E-state index contributed by atoms with van der Waals surface area (Å²) in [5, 5.41) is 10.5. The van der Waals surface area contributed by atoms with Crippen LogP contribution in [0.2, 0.25) is 0 Å². The van der Waals surface area contributed by atoms with Crippen LogP contribution in [-0.4, -0.2) is 24.4 Å².